The van der Waals surface area contributed by atoms with Crippen molar-refractivity contribution in [3.63, 3.8) is 0 Å². The van der Waals surface area contributed by atoms with E-state index in [0.29, 0.717) is 20.3 Å². The van der Waals surface area contributed by atoms with Crippen LogP contribution in [0.4, 0.5) is 19.0 Å². The molecule has 2 aromatic heterocycles. The Bertz CT molecular complexity index is 1090. The highest BCUT2D eigenvalue weighted by atomic mass is 35.5. The highest BCUT2D eigenvalue weighted by Gasteiger charge is 2.40. The molecule has 6 nitrogen and oxygen atoms in total. The molecule has 13 heteroatoms. The van der Waals surface area contributed by atoms with Crippen molar-refractivity contribution in [1.82, 2.24) is 19.6 Å². The smallest absolute Gasteiger partial charge is 0.302 e. The van der Waals surface area contributed by atoms with Crippen molar-refractivity contribution < 1.29 is 18.0 Å². The van der Waals surface area contributed by atoms with Crippen molar-refractivity contribution in [3.05, 3.63) is 61.4 Å². The van der Waals surface area contributed by atoms with Crippen LogP contribution in [0.1, 0.15) is 21.7 Å². The number of nitrogens with zero attached hydrogens (tertiary/aromatic N) is 4. The Kier molecular flexibility index (Phi) is 6.05. The van der Waals surface area contributed by atoms with Crippen LogP contribution in [0.3, 0.4) is 0 Å². The first-order valence-corrected chi connectivity index (χ1v) is 9.26. The number of nitrogens with one attached hydrogen (secondary N) is 1. The molecule has 1 amide bonds. The summed E-state index contributed by atoms with van der Waals surface area (Å²) in [5.74, 6) is -1.06. The van der Waals surface area contributed by atoms with Gasteiger partial charge in [-0.05, 0) is 17.7 Å². The van der Waals surface area contributed by atoms with Crippen LogP contribution in [0.15, 0.2) is 24.4 Å². The van der Waals surface area contributed by atoms with E-state index < -0.39 is 28.5 Å². The van der Waals surface area contributed by atoms with E-state index in [4.69, 9.17) is 46.4 Å². The molecule has 0 unspecified atom stereocenters. The lowest BCUT2D eigenvalue weighted by Crippen LogP contribution is -2.14. The number of rotatable bonds is 4. The molecular weight excluding hydrogens is 477 g/mol. The molecule has 0 bridgehead atoms. The molecule has 0 aliphatic carbocycles. The van der Waals surface area contributed by atoms with Crippen LogP contribution in [0.5, 0.6) is 0 Å². The van der Waals surface area contributed by atoms with Gasteiger partial charge in [-0.1, -0.05) is 52.5 Å². The van der Waals surface area contributed by atoms with E-state index >= 15 is 0 Å². The number of alkyl halides is 3. The zero-order chi connectivity index (χ0) is 21.5. The highest BCUT2D eigenvalue weighted by Crippen LogP contribution is 2.36. The number of aromatic nitrogens is 4. The number of carbonyl (C=O) groups is 1. The van der Waals surface area contributed by atoms with Crippen LogP contribution >= 0.6 is 46.4 Å². The summed E-state index contributed by atoms with van der Waals surface area (Å²) in [7, 11) is 1.03. The quantitative estimate of drug-likeness (QED) is 0.525. The largest absolute Gasteiger partial charge is 0.434 e. The fourth-order valence-electron chi connectivity index (χ4n) is 2.51. The molecule has 0 saturated heterocycles. The lowest BCUT2D eigenvalue weighted by Gasteiger charge is -2.06. The molecule has 1 aromatic carbocycles. The molecule has 0 radical (unpaired) electrons. The first kappa shape index (κ1) is 21.8. The van der Waals surface area contributed by atoms with Crippen molar-refractivity contribution in [1.29, 1.82) is 0 Å². The van der Waals surface area contributed by atoms with Gasteiger partial charge in [0.2, 0.25) is 0 Å². The monoisotopic (exact) mass is 485 g/mol. The first-order chi connectivity index (χ1) is 13.5. The SMILES string of the molecule is Cn1nc(C(=O)Nc2nn(Cc3ccc(Cl)cc3Cl)cc2Cl)c(Cl)c1C(F)(F)F. The molecule has 0 saturated carbocycles. The third kappa shape index (κ3) is 4.63. The molecule has 0 aliphatic rings. The summed E-state index contributed by atoms with van der Waals surface area (Å²) < 4.78 is 40.9. The van der Waals surface area contributed by atoms with Crippen LogP contribution < -0.4 is 5.32 Å². The lowest BCUT2D eigenvalue weighted by atomic mass is 10.2. The van der Waals surface area contributed by atoms with Gasteiger partial charge in [-0.25, -0.2) is 0 Å². The molecule has 3 rings (SSSR count). The van der Waals surface area contributed by atoms with Gasteiger partial charge in [0.05, 0.1) is 6.54 Å². The molecule has 0 fully saturated rings. The standard InChI is InChI=1S/C16H10Cl4F3N5O/c1-27-13(16(21,22)23)11(20)12(25-27)15(29)24-14-10(19)6-28(26-14)5-7-2-3-8(17)4-9(7)18/h2-4,6H,5H2,1H3,(H,24,26,29). The van der Waals surface area contributed by atoms with Crippen molar-refractivity contribution in [2.45, 2.75) is 12.7 Å². The summed E-state index contributed by atoms with van der Waals surface area (Å²) in [6.45, 7) is 0.216. The Morgan fingerprint density at radius 2 is 1.83 bits per heavy atom. The summed E-state index contributed by atoms with van der Waals surface area (Å²) in [4.78, 5) is 12.4. The van der Waals surface area contributed by atoms with Crippen LogP contribution in [-0.4, -0.2) is 25.5 Å². The normalized spacial score (nSPS) is 11.7. The van der Waals surface area contributed by atoms with Crippen molar-refractivity contribution in [3.8, 4) is 0 Å². The number of hydrogen-bond acceptors (Lipinski definition) is 3. The summed E-state index contributed by atoms with van der Waals surface area (Å²) in [6.07, 6.45) is -3.35. The van der Waals surface area contributed by atoms with E-state index in [1.807, 2.05) is 0 Å². The number of hydrogen-bond donors (Lipinski definition) is 1. The predicted octanol–water partition coefficient (Wildman–Crippen LogP) is 5.55. The average Bonchev–Trinajstić information content (AvgIpc) is 3.08. The number of benzene rings is 1. The Labute approximate surface area is 182 Å². The second-order valence-electron chi connectivity index (χ2n) is 5.85. The number of amides is 1. The molecule has 154 valence electrons. The number of carbonyl (C=O) groups excluding carboxylic acids is 1. The van der Waals surface area contributed by atoms with Crippen molar-refractivity contribution in [2.75, 3.05) is 5.32 Å². The van der Waals surface area contributed by atoms with E-state index in [-0.39, 0.29) is 17.4 Å². The van der Waals surface area contributed by atoms with Crippen molar-refractivity contribution in [2.24, 2.45) is 7.05 Å². The summed E-state index contributed by atoms with van der Waals surface area (Å²) >= 11 is 23.7. The molecule has 29 heavy (non-hydrogen) atoms. The maximum Gasteiger partial charge on any atom is 0.434 e. The van der Waals surface area contributed by atoms with Gasteiger partial charge < -0.3 is 5.32 Å². The first-order valence-electron chi connectivity index (χ1n) is 7.75. The van der Waals surface area contributed by atoms with Crippen LogP contribution in [0, 0.1) is 0 Å². The maximum absolute atomic E-state index is 13.0. The van der Waals surface area contributed by atoms with Crippen molar-refractivity contribution >= 4 is 58.1 Å². The van der Waals surface area contributed by atoms with Crippen LogP contribution in [-0.2, 0) is 19.8 Å². The van der Waals surface area contributed by atoms with E-state index in [0.717, 1.165) is 7.05 Å². The van der Waals surface area contributed by atoms with Gasteiger partial charge in [0.15, 0.2) is 17.2 Å². The molecule has 1 N–H and O–H groups in total. The minimum Gasteiger partial charge on any atom is -0.302 e. The third-order valence-electron chi connectivity index (χ3n) is 3.77. The summed E-state index contributed by atoms with van der Waals surface area (Å²) in [6, 6.07) is 4.91. The zero-order valence-corrected chi connectivity index (χ0v) is 17.4. The number of halogens is 7. The number of aryl methyl sites for hydroxylation is 1. The maximum atomic E-state index is 13.0. The number of anilines is 1. The van der Waals surface area contributed by atoms with Gasteiger partial charge in [0.25, 0.3) is 5.91 Å². The Balaban J connectivity index is 1.82. The predicted molar refractivity (Wildman–Crippen MR) is 104 cm³/mol. The van der Waals surface area contributed by atoms with Gasteiger partial charge in [-0.2, -0.15) is 23.4 Å². The van der Waals surface area contributed by atoms with Crippen LogP contribution in [0.2, 0.25) is 20.1 Å². The Morgan fingerprint density at radius 3 is 2.41 bits per heavy atom. The second-order valence-corrected chi connectivity index (χ2v) is 7.47. The Morgan fingerprint density at radius 1 is 1.14 bits per heavy atom. The molecule has 2 heterocycles. The topological polar surface area (TPSA) is 64.7 Å². The molecule has 0 aliphatic heterocycles. The molecule has 3 aromatic rings. The van der Waals surface area contributed by atoms with Gasteiger partial charge in [0.1, 0.15) is 10.0 Å². The van der Waals surface area contributed by atoms with Gasteiger partial charge in [-0.15, -0.1) is 0 Å². The third-order valence-corrected chi connectivity index (χ3v) is 4.99. The fraction of sp³-hybridized carbons (Fsp3) is 0.188. The molecule has 0 atom stereocenters. The molecular formula is C16H10Cl4F3N5O. The van der Waals surface area contributed by atoms with Crippen LogP contribution in [0.25, 0.3) is 0 Å². The minimum atomic E-state index is -4.77. The fourth-order valence-corrected chi connectivity index (χ4v) is 3.52. The minimum absolute atomic E-state index is 0.0616. The Hall–Kier alpha value is -1.94. The average molecular weight is 487 g/mol. The van der Waals surface area contributed by atoms with Gasteiger partial charge >= 0.3 is 6.18 Å². The van der Waals surface area contributed by atoms with Gasteiger partial charge in [0, 0.05) is 23.3 Å². The highest BCUT2D eigenvalue weighted by molar-refractivity contribution is 6.36. The second kappa shape index (κ2) is 8.06. The van der Waals surface area contributed by atoms with Gasteiger partial charge in [-0.3, -0.25) is 14.2 Å². The van der Waals surface area contributed by atoms with E-state index in [9.17, 15) is 18.0 Å². The van der Waals surface area contributed by atoms with E-state index in [1.54, 1.807) is 18.2 Å². The van der Waals surface area contributed by atoms with E-state index in [1.165, 1.54) is 10.9 Å². The molecule has 0 spiro atoms. The lowest BCUT2D eigenvalue weighted by molar-refractivity contribution is -0.143. The summed E-state index contributed by atoms with van der Waals surface area (Å²) in [5.41, 5.74) is -1.15. The zero-order valence-electron chi connectivity index (χ0n) is 14.4. The summed E-state index contributed by atoms with van der Waals surface area (Å²) in [5, 5.41) is 10.1. The van der Waals surface area contributed by atoms with E-state index in [2.05, 4.69) is 15.5 Å².